The van der Waals surface area contributed by atoms with Crippen LogP contribution < -0.4 is 5.32 Å². The second-order valence-corrected chi connectivity index (χ2v) is 4.44. The Bertz CT molecular complexity index is 379. The number of ether oxygens (including phenoxy) is 2. The fourth-order valence-electron chi connectivity index (χ4n) is 1.72. The molecule has 0 fully saturated rings. The number of hydrogen-bond acceptors (Lipinski definition) is 3. The van der Waals surface area contributed by atoms with Crippen molar-refractivity contribution in [3.8, 4) is 0 Å². The predicted molar refractivity (Wildman–Crippen MR) is 75.2 cm³/mol. The molecule has 4 nitrogen and oxygen atoms in total. The lowest BCUT2D eigenvalue weighted by atomic mass is 10.1. The monoisotopic (exact) mass is 265 g/mol. The van der Waals surface area contributed by atoms with Crippen molar-refractivity contribution in [2.45, 2.75) is 19.8 Å². The quantitative estimate of drug-likeness (QED) is 0.691. The van der Waals surface area contributed by atoms with E-state index >= 15 is 0 Å². The second-order valence-electron chi connectivity index (χ2n) is 4.44. The number of methoxy groups -OCH3 is 1. The van der Waals surface area contributed by atoms with Crippen molar-refractivity contribution >= 4 is 5.91 Å². The van der Waals surface area contributed by atoms with Crippen LogP contribution in [0.15, 0.2) is 24.3 Å². The first kappa shape index (κ1) is 15.7. The number of aryl methyl sites for hydroxylation is 2. The highest BCUT2D eigenvalue weighted by molar-refractivity contribution is 5.76. The van der Waals surface area contributed by atoms with E-state index in [1.807, 2.05) is 12.1 Å². The Morgan fingerprint density at radius 1 is 1.26 bits per heavy atom. The van der Waals surface area contributed by atoms with E-state index in [-0.39, 0.29) is 5.91 Å². The number of rotatable bonds is 9. The van der Waals surface area contributed by atoms with Crippen LogP contribution in [0.1, 0.15) is 17.5 Å². The molecule has 1 aromatic carbocycles. The van der Waals surface area contributed by atoms with E-state index < -0.39 is 0 Å². The molecular formula is C15H23NO3. The van der Waals surface area contributed by atoms with Crippen molar-refractivity contribution < 1.29 is 14.3 Å². The molecule has 0 bridgehead atoms. The molecule has 0 saturated carbocycles. The number of benzene rings is 1. The molecular weight excluding hydrogens is 242 g/mol. The van der Waals surface area contributed by atoms with Crippen LogP contribution in [0.4, 0.5) is 0 Å². The summed E-state index contributed by atoms with van der Waals surface area (Å²) in [5.41, 5.74) is 2.43. The third kappa shape index (κ3) is 7.59. The van der Waals surface area contributed by atoms with E-state index in [0.29, 0.717) is 32.8 Å². The predicted octanol–water partition coefficient (Wildman–Crippen LogP) is 1.71. The van der Waals surface area contributed by atoms with Gasteiger partial charge in [0.25, 0.3) is 0 Å². The summed E-state index contributed by atoms with van der Waals surface area (Å²) >= 11 is 0. The van der Waals surface area contributed by atoms with Crippen LogP contribution in [-0.4, -0.2) is 39.4 Å². The molecule has 0 saturated heterocycles. The largest absolute Gasteiger partial charge is 0.382 e. The summed E-state index contributed by atoms with van der Waals surface area (Å²) in [6.07, 6.45) is 1.29. The van der Waals surface area contributed by atoms with Crippen LogP contribution in [-0.2, 0) is 20.7 Å². The van der Waals surface area contributed by atoms with Gasteiger partial charge in [-0.15, -0.1) is 0 Å². The SMILES string of the molecule is COCCOCCNC(=O)CCc1cccc(C)c1. The third-order valence-electron chi connectivity index (χ3n) is 2.72. The average molecular weight is 265 g/mol. The maximum absolute atomic E-state index is 11.6. The summed E-state index contributed by atoms with van der Waals surface area (Å²) in [5.74, 6) is 0.0665. The Kier molecular flexibility index (Phi) is 7.86. The Hall–Kier alpha value is -1.39. The molecule has 0 aromatic heterocycles. The molecule has 0 spiro atoms. The molecule has 1 amide bonds. The van der Waals surface area contributed by atoms with E-state index in [1.54, 1.807) is 7.11 Å². The van der Waals surface area contributed by atoms with E-state index in [0.717, 1.165) is 6.42 Å². The van der Waals surface area contributed by atoms with Crippen molar-refractivity contribution in [2.24, 2.45) is 0 Å². The van der Waals surface area contributed by atoms with Gasteiger partial charge in [0.15, 0.2) is 0 Å². The van der Waals surface area contributed by atoms with Gasteiger partial charge in [-0.3, -0.25) is 4.79 Å². The van der Waals surface area contributed by atoms with Crippen molar-refractivity contribution in [3.05, 3.63) is 35.4 Å². The highest BCUT2D eigenvalue weighted by Gasteiger charge is 2.01. The lowest BCUT2D eigenvalue weighted by Gasteiger charge is -2.06. The summed E-state index contributed by atoms with van der Waals surface area (Å²) < 4.78 is 10.1. The molecule has 0 aliphatic heterocycles. The van der Waals surface area contributed by atoms with Crippen LogP contribution >= 0.6 is 0 Å². The molecule has 1 N–H and O–H groups in total. The van der Waals surface area contributed by atoms with Gasteiger partial charge in [-0.2, -0.15) is 0 Å². The lowest BCUT2D eigenvalue weighted by Crippen LogP contribution is -2.27. The molecule has 1 rings (SSSR count). The van der Waals surface area contributed by atoms with Gasteiger partial charge in [0.1, 0.15) is 0 Å². The van der Waals surface area contributed by atoms with Gasteiger partial charge in [-0.25, -0.2) is 0 Å². The van der Waals surface area contributed by atoms with Gasteiger partial charge >= 0.3 is 0 Å². The maximum Gasteiger partial charge on any atom is 0.220 e. The topological polar surface area (TPSA) is 47.6 Å². The summed E-state index contributed by atoms with van der Waals surface area (Å²) in [7, 11) is 1.64. The van der Waals surface area contributed by atoms with Crippen LogP contribution in [0.5, 0.6) is 0 Å². The van der Waals surface area contributed by atoms with Crippen LogP contribution in [0, 0.1) is 6.92 Å². The summed E-state index contributed by atoms with van der Waals surface area (Å²) in [6, 6.07) is 8.24. The minimum absolute atomic E-state index is 0.0665. The third-order valence-corrected chi connectivity index (χ3v) is 2.72. The molecule has 19 heavy (non-hydrogen) atoms. The molecule has 0 aliphatic carbocycles. The molecule has 0 atom stereocenters. The number of hydrogen-bond donors (Lipinski definition) is 1. The molecule has 0 heterocycles. The van der Waals surface area contributed by atoms with Gasteiger partial charge in [-0.1, -0.05) is 29.8 Å². The zero-order chi connectivity index (χ0) is 13.9. The Morgan fingerprint density at radius 2 is 2.11 bits per heavy atom. The highest BCUT2D eigenvalue weighted by atomic mass is 16.5. The van der Waals surface area contributed by atoms with Crippen molar-refractivity contribution in [1.29, 1.82) is 0 Å². The average Bonchev–Trinajstić information content (AvgIpc) is 2.40. The molecule has 106 valence electrons. The van der Waals surface area contributed by atoms with Gasteiger partial charge < -0.3 is 14.8 Å². The highest BCUT2D eigenvalue weighted by Crippen LogP contribution is 2.06. The molecule has 0 unspecified atom stereocenters. The number of nitrogens with one attached hydrogen (secondary N) is 1. The van der Waals surface area contributed by atoms with Crippen LogP contribution in [0.2, 0.25) is 0 Å². The summed E-state index contributed by atoms with van der Waals surface area (Å²) in [4.78, 5) is 11.6. The van der Waals surface area contributed by atoms with E-state index in [4.69, 9.17) is 9.47 Å². The standard InChI is InChI=1S/C15H23NO3/c1-13-4-3-5-14(12-13)6-7-15(17)16-8-9-19-11-10-18-2/h3-5,12H,6-11H2,1-2H3,(H,16,17). The van der Waals surface area contributed by atoms with Crippen molar-refractivity contribution in [2.75, 3.05) is 33.5 Å². The van der Waals surface area contributed by atoms with E-state index in [9.17, 15) is 4.79 Å². The van der Waals surface area contributed by atoms with E-state index in [2.05, 4.69) is 24.4 Å². The minimum Gasteiger partial charge on any atom is -0.382 e. The first-order valence-electron chi connectivity index (χ1n) is 6.61. The Morgan fingerprint density at radius 3 is 2.84 bits per heavy atom. The van der Waals surface area contributed by atoms with Crippen LogP contribution in [0.25, 0.3) is 0 Å². The molecule has 0 radical (unpaired) electrons. The van der Waals surface area contributed by atoms with Gasteiger partial charge in [0.2, 0.25) is 5.91 Å². The normalized spacial score (nSPS) is 10.4. The molecule has 4 heteroatoms. The maximum atomic E-state index is 11.6. The van der Waals surface area contributed by atoms with Gasteiger partial charge in [0.05, 0.1) is 19.8 Å². The Balaban J connectivity index is 2.08. The molecule has 1 aromatic rings. The zero-order valence-electron chi connectivity index (χ0n) is 11.8. The minimum atomic E-state index is 0.0665. The first-order chi connectivity index (χ1) is 9.22. The number of amides is 1. The fourth-order valence-corrected chi connectivity index (χ4v) is 1.72. The lowest BCUT2D eigenvalue weighted by molar-refractivity contribution is -0.121. The smallest absolute Gasteiger partial charge is 0.220 e. The van der Waals surface area contributed by atoms with Crippen molar-refractivity contribution in [1.82, 2.24) is 5.32 Å². The van der Waals surface area contributed by atoms with Crippen molar-refractivity contribution in [3.63, 3.8) is 0 Å². The number of carbonyl (C=O) groups excluding carboxylic acids is 1. The Labute approximate surface area is 115 Å². The number of carbonyl (C=O) groups is 1. The summed E-state index contributed by atoms with van der Waals surface area (Å²) in [6.45, 7) is 4.29. The van der Waals surface area contributed by atoms with Crippen LogP contribution in [0.3, 0.4) is 0 Å². The van der Waals surface area contributed by atoms with E-state index in [1.165, 1.54) is 11.1 Å². The first-order valence-corrected chi connectivity index (χ1v) is 6.61. The van der Waals surface area contributed by atoms with Gasteiger partial charge in [-0.05, 0) is 18.9 Å². The second kappa shape index (κ2) is 9.53. The molecule has 0 aliphatic rings. The van der Waals surface area contributed by atoms with Gasteiger partial charge in [0, 0.05) is 20.1 Å². The fraction of sp³-hybridized carbons (Fsp3) is 0.533. The zero-order valence-corrected chi connectivity index (χ0v) is 11.8. The summed E-state index contributed by atoms with van der Waals surface area (Å²) in [5, 5.41) is 2.84.